The Balaban J connectivity index is 1.42. The van der Waals surface area contributed by atoms with Crippen molar-refractivity contribution in [3.8, 4) is 0 Å². The van der Waals surface area contributed by atoms with Gasteiger partial charge in [-0.3, -0.25) is 10.1 Å². The van der Waals surface area contributed by atoms with Crippen LogP contribution >= 0.6 is 0 Å². The first kappa shape index (κ1) is 20.6. The summed E-state index contributed by atoms with van der Waals surface area (Å²) in [5, 5.41) is 8.95. The van der Waals surface area contributed by atoms with Gasteiger partial charge in [0.15, 0.2) is 6.17 Å². The van der Waals surface area contributed by atoms with Crippen molar-refractivity contribution in [3.05, 3.63) is 65.7 Å². The van der Waals surface area contributed by atoms with Gasteiger partial charge in [0.1, 0.15) is 17.6 Å². The summed E-state index contributed by atoms with van der Waals surface area (Å²) in [6.45, 7) is 1.31. The molecule has 4 atom stereocenters. The maximum absolute atomic E-state index is 13.4. The lowest BCUT2D eigenvalue weighted by molar-refractivity contribution is -0.122. The number of benzene rings is 2. The standard InChI is InChI=1S/C23H24F2N6O/c1-29(2)20-13-30(12-19(20)14-3-5-15(24)6-4-14)23-27-21-18(22(32)28-23)11-26-31(21)17-9-7-16(25)8-10-17/h3-11,18-21H,12-13H2,1-2H3,(H,27,28,32)/t18?,19-,20?,21?/m1/s1. The molecule has 0 radical (unpaired) electrons. The second-order valence-electron chi connectivity index (χ2n) is 8.56. The highest BCUT2D eigenvalue weighted by Crippen LogP contribution is 2.33. The zero-order chi connectivity index (χ0) is 22.4. The van der Waals surface area contributed by atoms with Crippen molar-refractivity contribution in [2.75, 3.05) is 32.2 Å². The van der Waals surface area contributed by atoms with E-state index in [-0.39, 0.29) is 29.5 Å². The largest absolute Gasteiger partial charge is 0.340 e. The molecule has 3 aliphatic rings. The Morgan fingerprint density at radius 2 is 1.66 bits per heavy atom. The van der Waals surface area contributed by atoms with Gasteiger partial charge in [0.2, 0.25) is 11.9 Å². The number of anilines is 1. The number of halogens is 2. The molecule has 3 aliphatic heterocycles. The number of hydrogen-bond acceptors (Lipinski definition) is 6. The number of carbonyl (C=O) groups is 1. The Morgan fingerprint density at radius 1 is 1.00 bits per heavy atom. The van der Waals surface area contributed by atoms with Crippen LogP contribution in [0.5, 0.6) is 0 Å². The van der Waals surface area contributed by atoms with E-state index >= 15 is 0 Å². The van der Waals surface area contributed by atoms with E-state index in [0.29, 0.717) is 24.7 Å². The number of rotatable bonds is 3. The van der Waals surface area contributed by atoms with Crippen LogP contribution in [0.2, 0.25) is 0 Å². The maximum atomic E-state index is 13.4. The number of carbonyl (C=O) groups excluding carboxylic acids is 1. The van der Waals surface area contributed by atoms with Crippen molar-refractivity contribution in [1.29, 1.82) is 0 Å². The van der Waals surface area contributed by atoms with Gasteiger partial charge in [-0.05, 0) is 56.1 Å². The molecular weight excluding hydrogens is 414 g/mol. The van der Waals surface area contributed by atoms with E-state index in [2.05, 4.69) is 20.2 Å². The van der Waals surface area contributed by atoms with Gasteiger partial charge < -0.3 is 9.80 Å². The molecule has 0 bridgehead atoms. The number of nitrogens with one attached hydrogen (secondary N) is 1. The van der Waals surface area contributed by atoms with Crippen LogP contribution in [0.15, 0.2) is 58.6 Å². The SMILES string of the molecule is CN(C)C1CN(C2=NC3C(C=NN3c3ccc(F)cc3)C(=O)N2)C[C@@H]1c1ccc(F)cc1. The highest BCUT2D eigenvalue weighted by atomic mass is 19.1. The van der Waals surface area contributed by atoms with Gasteiger partial charge in [0, 0.05) is 31.3 Å². The zero-order valence-corrected chi connectivity index (χ0v) is 17.8. The molecule has 3 unspecified atom stereocenters. The fourth-order valence-corrected chi connectivity index (χ4v) is 4.62. The minimum absolute atomic E-state index is 0.135. The fourth-order valence-electron chi connectivity index (χ4n) is 4.62. The maximum Gasteiger partial charge on any atom is 0.239 e. The Hall–Kier alpha value is -3.33. The molecule has 1 N–H and O–H groups in total. The van der Waals surface area contributed by atoms with Crippen LogP contribution in [-0.4, -0.2) is 67.3 Å². The predicted octanol–water partition coefficient (Wildman–Crippen LogP) is 2.23. The summed E-state index contributed by atoms with van der Waals surface area (Å²) in [7, 11) is 4.03. The average Bonchev–Trinajstić information content (AvgIpc) is 3.40. The van der Waals surface area contributed by atoms with Crippen LogP contribution < -0.4 is 10.3 Å². The predicted molar refractivity (Wildman–Crippen MR) is 118 cm³/mol. The van der Waals surface area contributed by atoms with Gasteiger partial charge >= 0.3 is 0 Å². The topological polar surface area (TPSA) is 63.5 Å². The first-order chi connectivity index (χ1) is 15.4. The second-order valence-corrected chi connectivity index (χ2v) is 8.56. The number of nitrogens with zero attached hydrogens (tertiary/aromatic N) is 5. The van der Waals surface area contributed by atoms with Gasteiger partial charge in [0.25, 0.3) is 0 Å². The first-order valence-electron chi connectivity index (χ1n) is 10.5. The molecule has 0 aromatic heterocycles. The number of hydrogen-bond donors (Lipinski definition) is 1. The van der Waals surface area contributed by atoms with Crippen LogP contribution in [0.4, 0.5) is 14.5 Å². The molecule has 1 saturated heterocycles. The molecule has 1 amide bonds. The van der Waals surface area contributed by atoms with Crippen LogP contribution in [-0.2, 0) is 4.79 Å². The summed E-state index contributed by atoms with van der Waals surface area (Å²) in [6, 6.07) is 12.7. The van der Waals surface area contributed by atoms with Crippen LogP contribution in [0, 0.1) is 17.6 Å². The molecule has 0 saturated carbocycles. The van der Waals surface area contributed by atoms with Gasteiger partial charge in [-0.15, -0.1) is 0 Å². The molecular formula is C23H24F2N6O. The minimum Gasteiger partial charge on any atom is -0.340 e. The van der Waals surface area contributed by atoms with E-state index in [1.165, 1.54) is 24.3 Å². The fraction of sp³-hybridized carbons (Fsp3) is 0.348. The molecule has 2 aromatic carbocycles. The highest BCUT2D eigenvalue weighted by Gasteiger charge is 2.44. The lowest BCUT2D eigenvalue weighted by Crippen LogP contribution is -2.54. The summed E-state index contributed by atoms with van der Waals surface area (Å²) in [5.41, 5.74) is 1.72. The van der Waals surface area contributed by atoms with Crippen LogP contribution in [0.3, 0.4) is 0 Å². The van der Waals surface area contributed by atoms with E-state index in [0.717, 1.165) is 5.56 Å². The molecule has 1 fully saturated rings. The number of hydrazone groups is 1. The van der Waals surface area contributed by atoms with E-state index in [4.69, 9.17) is 4.99 Å². The van der Waals surface area contributed by atoms with Crippen molar-refractivity contribution in [1.82, 2.24) is 15.1 Å². The van der Waals surface area contributed by atoms with Gasteiger partial charge in [-0.1, -0.05) is 12.1 Å². The van der Waals surface area contributed by atoms with Crippen LogP contribution in [0.1, 0.15) is 11.5 Å². The molecule has 32 heavy (non-hydrogen) atoms. The lowest BCUT2D eigenvalue weighted by Gasteiger charge is -2.32. The number of aliphatic imine (C=N–C) groups is 1. The minimum atomic E-state index is -0.521. The number of likely N-dealkylation sites (N-methyl/N-ethyl adjacent to an activating group) is 1. The molecule has 2 aromatic rings. The summed E-state index contributed by atoms with van der Waals surface area (Å²) in [6.07, 6.45) is 1.06. The van der Waals surface area contributed by atoms with Crippen molar-refractivity contribution in [3.63, 3.8) is 0 Å². The molecule has 7 nitrogen and oxygen atoms in total. The smallest absolute Gasteiger partial charge is 0.239 e. The van der Waals surface area contributed by atoms with Crippen molar-refractivity contribution in [2.45, 2.75) is 18.1 Å². The van der Waals surface area contributed by atoms with E-state index in [9.17, 15) is 13.6 Å². The van der Waals surface area contributed by atoms with Crippen molar-refractivity contribution < 1.29 is 13.6 Å². The Kier molecular flexibility index (Phi) is 5.13. The number of fused-ring (bicyclic) bond motifs is 1. The molecule has 5 rings (SSSR count). The zero-order valence-electron chi connectivity index (χ0n) is 17.8. The third-order valence-electron chi connectivity index (χ3n) is 6.36. The molecule has 0 aliphatic carbocycles. The highest BCUT2D eigenvalue weighted by molar-refractivity contribution is 6.07. The summed E-state index contributed by atoms with van der Waals surface area (Å²) in [5.74, 6) is -0.634. The second kappa shape index (κ2) is 7.98. The van der Waals surface area contributed by atoms with Gasteiger partial charge in [0.05, 0.1) is 5.69 Å². The number of amides is 1. The van der Waals surface area contributed by atoms with Crippen molar-refractivity contribution >= 4 is 23.8 Å². The summed E-state index contributed by atoms with van der Waals surface area (Å²) < 4.78 is 26.8. The van der Waals surface area contributed by atoms with E-state index in [1.807, 2.05) is 26.2 Å². The third-order valence-corrected chi connectivity index (χ3v) is 6.36. The molecule has 166 valence electrons. The lowest BCUT2D eigenvalue weighted by atomic mass is 9.94. The van der Waals surface area contributed by atoms with E-state index < -0.39 is 12.1 Å². The molecule has 9 heteroatoms. The quantitative estimate of drug-likeness (QED) is 0.799. The Labute approximate surface area is 185 Å². The van der Waals surface area contributed by atoms with Gasteiger partial charge in [-0.25, -0.2) is 18.8 Å². The average molecular weight is 438 g/mol. The van der Waals surface area contributed by atoms with Crippen molar-refractivity contribution in [2.24, 2.45) is 16.0 Å². The van der Waals surface area contributed by atoms with Gasteiger partial charge in [-0.2, -0.15) is 5.10 Å². The Bertz CT molecular complexity index is 1070. The monoisotopic (exact) mass is 438 g/mol. The Morgan fingerprint density at radius 3 is 2.31 bits per heavy atom. The molecule has 3 heterocycles. The summed E-state index contributed by atoms with van der Waals surface area (Å²) >= 11 is 0. The number of likely N-dealkylation sites (tertiary alicyclic amines) is 1. The number of guanidine groups is 1. The normalized spacial score (nSPS) is 27.0. The first-order valence-corrected chi connectivity index (χ1v) is 10.5. The summed E-state index contributed by atoms with van der Waals surface area (Å²) in [4.78, 5) is 21.9. The third kappa shape index (κ3) is 3.62. The molecule has 0 spiro atoms. The van der Waals surface area contributed by atoms with E-state index in [1.54, 1.807) is 23.4 Å². The van der Waals surface area contributed by atoms with Crippen LogP contribution in [0.25, 0.3) is 0 Å².